The lowest BCUT2D eigenvalue weighted by Gasteiger charge is -2.12. The number of carbonyl (C=O) groups excluding carboxylic acids is 2. The molecule has 36 heavy (non-hydrogen) atoms. The van der Waals surface area contributed by atoms with Crippen molar-refractivity contribution < 1.29 is 29.0 Å². The number of amides is 3. The molecule has 8 nitrogen and oxygen atoms in total. The first-order valence-electron chi connectivity index (χ1n) is 10.7. The Morgan fingerprint density at radius 3 is 2.36 bits per heavy atom. The number of ether oxygens (including phenoxy) is 2. The summed E-state index contributed by atoms with van der Waals surface area (Å²) in [5.74, 6) is -0.584. The minimum Gasteiger partial charge on any atom is -0.493 e. The Balaban J connectivity index is 1.46. The molecule has 0 unspecified atom stereocenters. The number of carboxylic acid groups (broad SMARTS) is 1. The molecule has 1 heterocycles. The van der Waals surface area contributed by atoms with Gasteiger partial charge in [0.1, 0.15) is 12.3 Å². The van der Waals surface area contributed by atoms with Crippen molar-refractivity contribution in [2.24, 2.45) is 0 Å². The molecule has 3 aromatic carbocycles. The second-order valence-electron chi connectivity index (χ2n) is 7.83. The van der Waals surface area contributed by atoms with Gasteiger partial charge in [-0.1, -0.05) is 47.5 Å². The molecular formula is C26H20Cl2N2O6. The van der Waals surface area contributed by atoms with Gasteiger partial charge in [0.15, 0.2) is 11.5 Å². The summed E-state index contributed by atoms with van der Waals surface area (Å²) in [7, 11) is 1.49. The van der Waals surface area contributed by atoms with Crippen LogP contribution in [0.5, 0.6) is 11.5 Å². The van der Waals surface area contributed by atoms with Gasteiger partial charge in [-0.3, -0.25) is 9.69 Å². The topological polar surface area (TPSA) is 105 Å². The van der Waals surface area contributed by atoms with E-state index >= 15 is 0 Å². The smallest absolute Gasteiger partial charge is 0.335 e. The average Bonchev–Trinajstić information content (AvgIpc) is 3.12. The predicted octanol–water partition coefficient (Wildman–Crippen LogP) is 5.37. The van der Waals surface area contributed by atoms with E-state index in [2.05, 4.69) is 5.32 Å². The third-order valence-electron chi connectivity index (χ3n) is 5.38. The van der Waals surface area contributed by atoms with Gasteiger partial charge < -0.3 is 19.9 Å². The number of methoxy groups -OCH3 is 1. The van der Waals surface area contributed by atoms with E-state index in [1.54, 1.807) is 54.6 Å². The number of rotatable bonds is 8. The van der Waals surface area contributed by atoms with Crippen molar-refractivity contribution >= 4 is 47.2 Å². The van der Waals surface area contributed by atoms with Crippen LogP contribution < -0.4 is 14.8 Å². The van der Waals surface area contributed by atoms with Crippen LogP contribution in [-0.2, 0) is 17.9 Å². The molecule has 0 bridgehead atoms. The SMILES string of the molecule is COc1cc(/C=C2\NC(=O)N(Cc3ccc(Cl)c(Cl)c3)C2=O)ccc1OCc1ccc(C(=O)O)cc1. The fourth-order valence-electron chi connectivity index (χ4n) is 3.50. The van der Waals surface area contributed by atoms with Crippen LogP contribution in [0.4, 0.5) is 4.79 Å². The quantitative estimate of drug-likeness (QED) is 0.302. The van der Waals surface area contributed by atoms with E-state index in [1.165, 1.54) is 19.2 Å². The summed E-state index contributed by atoms with van der Waals surface area (Å²) in [6.07, 6.45) is 1.55. The van der Waals surface area contributed by atoms with Crippen molar-refractivity contribution in [2.75, 3.05) is 7.11 Å². The van der Waals surface area contributed by atoms with Crippen LogP contribution in [0, 0.1) is 0 Å². The zero-order valence-corrected chi connectivity index (χ0v) is 20.5. The molecule has 2 N–H and O–H groups in total. The van der Waals surface area contributed by atoms with Crippen LogP contribution in [0.3, 0.4) is 0 Å². The Hall–Kier alpha value is -4.01. The maximum Gasteiger partial charge on any atom is 0.335 e. The lowest BCUT2D eigenvalue weighted by atomic mass is 10.1. The summed E-state index contributed by atoms with van der Waals surface area (Å²) in [6.45, 7) is 0.247. The first-order chi connectivity index (χ1) is 17.2. The van der Waals surface area contributed by atoms with Crippen LogP contribution in [0.2, 0.25) is 10.0 Å². The number of carbonyl (C=O) groups is 3. The lowest BCUT2D eigenvalue weighted by molar-refractivity contribution is -0.123. The van der Waals surface area contributed by atoms with Crippen LogP contribution in [-0.4, -0.2) is 35.0 Å². The molecule has 1 fully saturated rings. The highest BCUT2D eigenvalue weighted by Gasteiger charge is 2.33. The van der Waals surface area contributed by atoms with Crippen molar-refractivity contribution in [1.82, 2.24) is 10.2 Å². The Labute approximate surface area is 216 Å². The summed E-state index contributed by atoms with van der Waals surface area (Å²) >= 11 is 12.0. The zero-order valence-electron chi connectivity index (χ0n) is 19.0. The Bertz CT molecular complexity index is 1370. The Morgan fingerprint density at radius 2 is 1.69 bits per heavy atom. The monoisotopic (exact) mass is 526 g/mol. The summed E-state index contributed by atoms with van der Waals surface area (Å²) in [6, 6.07) is 15.8. The van der Waals surface area contributed by atoms with Gasteiger partial charge in [-0.15, -0.1) is 0 Å². The Morgan fingerprint density at radius 1 is 0.972 bits per heavy atom. The molecule has 0 radical (unpaired) electrons. The van der Waals surface area contributed by atoms with E-state index in [-0.39, 0.29) is 24.4 Å². The van der Waals surface area contributed by atoms with Gasteiger partial charge in [0.05, 0.1) is 29.3 Å². The first kappa shape index (κ1) is 25.1. The second kappa shape index (κ2) is 10.7. The molecule has 4 rings (SSSR count). The largest absolute Gasteiger partial charge is 0.493 e. The minimum atomic E-state index is -0.997. The van der Waals surface area contributed by atoms with Gasteiger partial charge in [-0.2, -0.15) is 0 Å². The number of hydrogen-bond acceptors (Lipinski definition) is 5. The van der Waals surface area contributed by atoms with Gasteiger partial charge in [-0.25, -0.2) is 9.59 Å². The van der Waals surface area contributed by atoms with Gasteiger partial charge >= 0.3 is 12.0 Å². The predicted molar refractivity (Wildman–Crippen MR) is 134 cm³/mol. The maximum absolute atomic E-state index is 12.8. The number of halogens is 2. The number of imide groups is 1. The molecule has 0 spiro atoms. The third kappa shape index (κ3) is 5.62. The van der Waals surface area contributed by atoms with Crippen LogP contribution in [0.1, 0.15) is 27.0 Å². The molecule has 10 heteroatoms. The normalized spacial score (nSPS) is 14.2. The molecule has 0 saturated carbocycles. The van der Waals surface area contributed by atoms with E-state index in [0.29, 0.717) is 32.7 Å². The van der Waals surface area contributed by atoms with Gasteiger partial charge in [-0.05, 0) is 59.2 Å². The van der Waals surface area contributed by atoms with Crippen molar-refractivity contribution in [3.63, 3.8) is 0 Å². The summed E-state index contributed by atoms with van der Waals surface area (Å²) < 4.78 is 11.2. The summed E-state index contributed by atoms with van der Waals surface area (Å²) in [4.78, 5) is 37.3. The number of nitrogens with zero attached hydrogens (tertiary/aromatic N) is 1. The number of hydrogen-bond donors (Lipinski definition) is 2. The van der Waals surface area contributed by atoms with Crippen molar-refractivity contribution in [3.8, 4) is 11.5 Å². The highest BCUT2D eigenvalue weighted by molar-refractivity contribution is 6.42. The number of urea groups is 1. The number of benzene rings is 3. The van der Waals surface area contributed by atoms with Crippen molar-refractivity contribution in [1.29, 1.82) is 0 Å². The summed E-state index contributed by atoms with van der Waals surface area (Å²) in [5.41, 5.74) is 2.38. The standard InChI is InChI=1S/C26H20Cl2N2O6/c1-35-23-12-16(5-9-22(23)36-14-15-2-6-18(7-3-15)25(32)33)11-21-24(31)30(26(34)29-21)13-17-4-8-19(27)20(28)10-17/h2-12H,13-14H2,1H3,(H,29,34)(H,32,33)/b21-11-. The van der Waals surface area contributed by atoms with Crippen molar-refractivity contribution in [2.45, 2.75) is 13.2 Å². The van der Waals surface area contributed by atoms with Gasteiger partial charge in [0.25, 0.3) is 5.91 Å². The zero-order chi connectivity index (χ0) is 25.8. The van der Waals surface area contributed by atoms with Crippen LogP contribution in [0.15, 0.2) is 66.4 Å². The molecule has 184 valence electrons. The first-order valence-corrected chi connectivity index (χ1v) is 11.4. The molecule has 0 aromatic heterocycles. The lowest BCUT2D eigenvalue weighted by Crippen LogP contribution is -2.30. The molecular weight excluding hydrogens is 507 g/mol. The van der Waals surface area contributed by atoms with E-state index in [4.69, 9.17) is 37.8 Å². The minimum absolute atomic E-state index is 0.0441. The maximum atomic E-state index is 12.8. The van der Waals surface area contributed by atoms with E-state index in [1.807, 2.05) is 0 Å². The van der Waals surface area contributed by atoms with E-state index < -0.39 is 17.9 Å². The highest BCUT2D eigenvalue weighted by atomic mass is 35.5. The second-order valence-corrected chi connectivity index (χ2v) is 8.64. The van der Waals surface area contributed by atoms with Gasteiger partial charge in [0, 0.05) is 0 Å². The number of aromatic carboxylic acids is 1. The molecule has 1 saturated heterocycles. The van der Waals surface area contributed by atoms with Crippen molar-refractivity contribution in [3.05, 3.63) is 98.7 Å². The third-order valence-corrected chi connectivity index (χ3v) is 6.12. The molecule has 3 aromatic rings. The van der Waals surface area contributed by atoms with E-state index in [9.17, 15) is 14.4 Å². The van der Waals surface area contributed by atoms with Gasteiger partial charge in [0.2, 0.25) is 0 Å². The molecule has 0 aliphatic carbocycles. The Kier molecular flexibility index (Phi) is 7.47. The molecule has 1 aliphatic rings. The average molecular weight is 527 g/mol. The van der Waals surface area contributed by atoms with Crippen LogP contribution >= 0.6 is 23.2 Å². The summed E-state index contributed by atoms with van der Waals surface area (Å²) in [5, 5.41) is 12.3. The number of carboxylic acids is 1. The fourth-order valence-corrected chi connectivity index (χ4v) is 3.82. The fraction of sp³-hybridized carbons (Fsp3) is 0.115. The molecule has 3 amide bonds. The highest BCUT2D eigenvalue weighted by Crippen LogP contribution is 2.30. The molecule has 1 aliphatic heterocycles. The van der Waals surface area contributed by atoms with Crippen LogP contribution in [0.25, 0.3) is 6.08 Å². The van der Waals surface area contributed by atoms with E-state index in [0.717, 1.165) is 10.5 Å². The molecule has 0 atom stereocenters. The number of nitrogens with one attached hydrogen (secondary N) is 1.